The second-order valence-corrected chi connectivity index (χ2v) is 3.70. The molecule has 0 aliphatic rings. The zero-order chi connectivity index (χ0) is 11.5. The fourth-order valence-corrected chi connectivity index (χ4v) is 0.985. The Morgan fingerprint density at radius 1 is 1.40 bits per heavy atom. The maximum atomic E-state index is 12.6. The Morgan fingerprint density at radius 3 is 2.40 bits per heavy atom. The minimum atomic E-state index is -0.925. The Bertz CT molecular complexity index is 404. The number of carbonyl (C=O) groups is 1. The first-order chi connectivity index (χ1) is 6.94. The van der Waals surface area contributed by atoms with Crippen LogP contribution in [0.1, 0.15) is 24.2 Å². The van der Waals surface area contributed by atoms with Gasteiger partial charge < -0.3 is 5.32 Å². The molecule has 0 radical (unpaired) electrons. The van der Waals surface area contributed by atoms with Crippen LogP contribution in [0.5, 0.6) is 0 Å². The van der Waals surface area contributed by atoms with Crippen molar-refractivity contribution in [3.63, 3.8) is 0 Å². The van der Waals surface area contributed by atoms with Crippen LogP contribution < -0.4 is 5.32 Å². The standard InChI is InChI=1S/C11H11FN2O/c1-11(2,7-13)14-10(15)8-3-5-9(12)6-4-8/h3-6H,1-2H3,(H,14,15). The van der Waals surface area contributed by atoms with E-state index in [4.69, 9.17) is 5.26 Å². The van der Waals surface area contributed by atoms with Gasteiger partial charge in [-0.3, -0.25) is 4.79 Å². The molecule has 0 fully saturated rings. The van der Waals surface area contributed by atoms with Gasteiger partial charge in [-0.2, -0.15) is 5.26 Å². The smallest absolute Gasteiger partial charge is 0.252 e. The molecule has 0 unspecified atom stereocenters. The first-order valence-electron chi connectivity index (χ1n) is 4.44. The van der Waals surface area contributed by atoms with E-state index in [2.05, 4.69) is 5.32 Å². The van der Waals surface area contributed by atoms with Crippen LogP contribution in [-0.4, -0.2) is 11.4 Å². The average Bonchev–Trinajstić information content (AvgIpc) is 2.18. The van der Waals surface area contributed by atoms with E-state index in [9.17, 15) is 9.18 Å². The van der Waals surface area contributed by atoms with Crippen LogP contribution in [0.4, 0.5) is 4.39 Å². The van der Waals surface area contributed by atoms with Gasteiger partial charge >= 0.3 is 0 Å². The lowest BCUT2D eigenvalue weighted by molar-refractivity contribution is 0.0929. The number of nitrogens with zero attached hydrogens (tertiary/aromatic N) is 1. The van der Waals surface area contributed by atoms with E-state index < -0.39 is 11.4 Å². The number of hydrogen-bond donors (Lipinski definition) is 1. The molecule has 0 bridgehead atoms. The van der Waals surface area contributed by atoms with Gasteiger partial charge in [0.2, 0.25) is 0 Å². The van der Waals surface area contributed by atoms with E-state index in [1.54, 1.807) is 13.8 Å². The number of nitrogens with one attached hydrogen (secondary N) is 1. The molecule has 4 heteroatoms. The van der Waals surface area contributed by atoms with E-state index in [-0.39, 0.29) is 5.91 Å². The van der Waals surface area contributed by atoms with E-state index >= 15 is 0 Å². The van der Waals surface area contributed by atoms with Crippen molar-refractivity contribution in [3.8, 4) is 6.07 Å². The molecule has 15 heavy (non-hydrogen) atoms. The summed E-state index contributed by atoms with van der Waals surface area (Å²) in [5.74, 6) is -0.785. The molecule has 1 rings (SSSR count). The summed E-state index contributed by atoms with van der Waals surface area (Å²) in [6, 6.07) is 7.10. The number of rotatable bonds is 2. The zero-order valence-electron chi connectivity index (χ0n) is 8.54. The molecule has 0 saturated carbocycles. The van der Waals surface area contributed by atoms with Crippen LogP contribution in [0, 0.1) is 17.1 Å². The Hall–Kier alpha value is -1.89. The Kier molecular flexibility index (Phi) is 3.05. The fraction of sp³-hybridized carbons (Fsp3) is 0.273. The van der Waals surface area contributed by atoms with Crippen LogP contribution >= 0.6 is 0 Å². The van der Waals surface area contributed by atoms with Gasteiger partial charge in [0.1, 0.15) is 11.4 Å². The van der Waals surface area contributed by atoms with Gasteiger partial charge in [0.25, 0.3) is 5.91 Å². The Morgan fingerprint density at radius 2 is 1.93 bits per heavy atom. The molecule has 1 aromatic rings. The van der Waals surface area contributed by atoms with Crippen LogP contribution in [0.3, 0.4) is 0 Å². The van der Waals surface area contributed by atoms with E-state index in [1.165, 1.54) is 24.3 Å². The van der Waals surface area contributed by atoms with Crippen LogP contribution in [0.2, 0.25) is 0 Å². The predicted octanol–water partition coefficient (Wildman–Crippen LogP) is 1.86. The summed E-state index contributed by atoms with van der Waals surface area (Å²) in [6.45, 7) is 3.18. The summed E-state index contributed by atoms with van der Waals surface area (Å²) >= 11 is 0. The van der Waals surface area contributed by atoms with Crippen LogP contribution in [-0.2, 0) is 0 Å². The zero-order valence-corrected chi connectivity index (χ0v) is 8.54. The summed E-state index contributed by atoms with van der Waals surface area (Å²) < 4.78 is 12.6. The highest BCUT2D eigenvalue weighted by Gasteiger charge is 2.19. The highest BCUT2D eigenvalue weighted by atomic mass is 19.1. The molecule has 0 saturated heterocycles. The average molecular weight is 206 g/mol. The van der Waals surface area contributed by atoms with Gasteiger partial charge in [-0.05, 0) is 38.1 Å². The molecule has 1 aromatic carbocycles. The number of amides is 1. The SMILES string of the molecule is CC(C)(C#N)NC(=O)c1ccc(F)cc1. The quantitative estimate of drug-likeness (QED) is 0.802. The van der Waals surface area contributed by atoms with Gasteiger partial charge in [-0.15, -0.1) is 0 Å². The number of halogens is 1. The topological polar surface area (TPSA) is 52.9 Å². The second kappa shape index (κ2) is 4.09. The van der Waals surface area contributed by atoms with E-state index in [0.29, 0.717) is 5.56 Å². The summed E-state index contributed by atoms with van der Waals surface area (Å²) in [5.41, 5.74) is -0.592. The molecule has 1 amide bonds. The number of carbonyl (C=O) groups excluding carboxylic acids is 1. The fourth-order valence-electron chi connectivity index (χ4n) is 0.985. The largest absolute Gasteiger partial charge is 0.334 e. The molecule has 0 spiro atoms. The molecular weight excluding hydrogens is 195 g/mol. The van der Waals surface area contributed by atoms with Crippen LogP contribution in [0.15, 0.2) is 24.3 Å². The molecule has 0 aliphatic carbocycles. The van der Waals surface area contributed by atoms with Crippen molar-refractivity contribution in [2.45, 2.75) is 19.4 Å². The molecular formula is C11H11FN2O. The van der Waals surface area contributed by atoms with E-state index in [1.807, 2.05) is 6.07 Å². The van der Waals surface area contributed by atoms with Gasteiger partial charge in [0, 0.05) is 5.56 Å². The lowest BCUT2D eigenvalue weighted by Crippen LogP contribution is -2.42. The molecule has 0 aliphatic heterocycles. The minimum Gasteiger partial charge on any atom is -0.334 e. The van der Waals surface area contributed by atoms with Gasteiger partial charge in [-0.25, -0.2) is 4.39 Å². The van der Waals surface area contributed by atoms with Crippen molar-refractivity contribution in [1.82, 2.24) is 5.32 Å². The first-order valence-corrected chi connectivity index (χ1v) is 4.44. The maximum Gasteiger partial charge on any atom is 0.252 e. The summed E-state index contributed by atoms with van der Waals surface area (Å²) in [4.78, 5) is 11.5. The summed E-state index contributed by atoms with van der Waals surface area (Å²) in [7, 11) is 0. The van der Waals surface area contributed by atoms with Crippen molar-refractivity contribution in [3.05, 3.63) is 35.6 Å². The summed E-state index contributed by atoms with van der Waals surface area (Å²) in [5, 5.41) is 11.2. The van der Waals surface area contributed by atoms with Crippen molar-refractivity contribution >= 4 is 5.91 Å². The molecule has 3 nitrogen and oxygen atoms in total. The maximum absolute atomic E-state index is 12.6. The van der Waals surface area contributed by atoms with E-state index in [0.717, 1.165) is 0 Å². The predicted molar refractivity (Wildman–Crippen MR) is 53.6 cm³/mol. The minimum absolute atomic E-state index is 0.333. The highest BCUT2D eigenvalue weighted by molar-refractivity contribution is 5.94. The molecule has 0 atom stereocenters. The summed E-state index contributed by atoms with van der Waals surface area (Å²) in [6.07, 6.45) is 0. The molecule has 78 valence electrons. The van der Waals surface area contributed by atoms with Crippen molar-refractivity contribution in [2.75, 3.05) is 0 Å². The van der Waals surface area contributed by atoms with Crippen molar-refractivity contribution < 1.29 is 9.18 Å². The molecule has 0 heterocycles. The number of benzene rings is 1. The van der Waals surface area contributed by atoms with Gasteiger partial charge in [-0.1, -0.05) is 0 Å². The third-order valence-corrected chi connectivity index (χ3v) is 1.81. The van der Waals surface area contributed by atoms with Crippen LogP contribution in [0.25, 0.3) is 0 Å². The van der Waals surface area contributed by atoms with Crippen molar-refractivity contribution in [1.29, 1.82) is 5.26 Å². The Labute approximate surface area is 87.5 Å². The monoisotopic (exact) mass is 206 g/mol. The van der Waals surface area contributed by atoms with Crippen molar-refractivity contribution in [2.24, 2.45) is 0 Å². The molecule has 1 N–H and O–H groups in total. The van der Waals surface area contributed by atoms with Gasteiger partial charge in [0.05, 0.1) is 6.07 Å². The number of nitriles is 1. The number of hydrogen-bond acceptors (Lipinski definition) is 2. The lowest BCUT2D eigenvalue weighted by Gasteiger charge is -2.17. The lowest BCUT2D eigenvalue weighted by atomic mass is 10.1. The second-order valence-electron chi connectivity index (χ2n) is 3.70. The van der Waals surface area contributed by atoms with Gasteiger partial charge in [0.15, 0.2) is 0 Å². The first kappa shape index (κ1) is 11.2. The third kappa shape index (κ3) is 3.06. The molecule has 0 aromatic heterocycles. The highest BCUT2D eigenvalue weighted by Crippen LogP contribution is 2.06. The normalized spacial score (nSPS) is 10.5. The third-order valence-electron chi connectivity index (χ3n) is 1.81. The Balaban J connectivity index is 2.79.